The van der Waals surface area contributed by atoms with E-state index in [9.17, 15) is 10.1 Å². The van der Waals surface area contributed by atoms with Crippen LogP contribution in [0.5, 0.6) is 0 Å². The standard InChI is InChI=1S/C26H28N4O/c1-5-29(6-2)24-12-14-25(15-13-24)30-19(3)16-21(20(30)4)17-22(18-27)26(31)28-23-10-8-7-9-11-23/h7-17H,5-6H2,1-4H3,(H,28,31)/b22-17-. The van der Waals surface area contributed by atoms with E-state index in [1.165, 1.54) is 5.69 Å². The van der Waals surface area contributed by atoms with Crippen molar-refractivity contribution < 1.29 is 4.79 Å². The van der Waals surface area contributed by atoms with Gasteiger partial charge >= 0.3 is 0 Å². The lowest BCUT2D eigenvalue weighted by Crippen LogP contribution is -2.21. The van der Waals surface area contributed by atoms with E-state index in [1.54, 1.807) is 18.2 Å². The molecular weight excluding hydrogens is 384 g/mol. The van der Waals surface area contributed by atoms with Crippen molar-refractivity contribution >= 4 is 23.4 Å². The van der Waals surface area contributed by atoms with Gasteiger partial charge in [0.05, 0.1) is 0 Å². The molecule has 1 heterocycles. The molecule has 0 aliphatic rings. The molecule has 0 radical (unpaired) electrons. The molecule has 1 amide bonds. The third-order valence-corrected chi connectivity index (χ3v) is 5.40. The average Bonchev–Trinajstić information content (AvgIpc) is 3.06. The van der Waals surface area contributed by atoms with E-state index in [0.29, 0.717) is 5.69 Å². The van der Waals surface area contributed by atoms with E-state index in [0.717, 1.165) is 35.7 Å². The van der Waals surface area contributed by atoms with Crippen molar-refractivity contribution in [1.82, 2.24) is 4.57 Å². The number of amides is 1. The smallest absolute Gasteiger partial charge is 0.266 e. The highest BCUT2D eigenvalue weighted by atomic mass is 16.1. The quantitative estimate of drug-likeness (QED) is 0.412. The lowest BCUT2D eigenvalue weighted by molar-refractivity contribution is -0.112. The number of aryl methyl sites for hydroxylation is 1. The van der Waals surface area contributed by atoms with Crippen LogP contribution in [0.4, 0.5) is 11.4 Å². The molecule has 5 nitrogen and oxygen atoms in total. The minimum atomic E-state index is -0.415. The molecule has 1 N–H and O–H groups in total. The van der Waals surface area contributed by atoms with E-state index >= 15 is 0 Å². The number of para-hydroxylation sites is 1. The fraction of sp³-hybridized carbons (Fsp3) is 0.231. The maximum atomic E-state index is 12.6. The highest BCUT2D eigenvalue weighted by molar-refractivity contribution is 6.09. The van der Waals surface area contributed by atoms with E-state index in [2.05, 4.69) is 52.9 Å². The third kappa shape index (κ3) is 4.87. The Kier molecular flexibility index (Phi) is 6.94. The molecule has 3 aromatic rings. The summed E-state index contributed by atoms with van der Waals surface area (Å²) in [6.07, 6.45) is 1.65. The molecule has 0 saturated carbocycles. The Morgan fingerprint density at radius 1 is 1.06 bits per heavy atom. The summed E-state index contributed by atoms with van der Waals surface area (Å²) in [5.41, 5.74) is 5.85. The molecule has 3 rings (SSSR count). The second-order valence-electron chi connectivity index (χ2n) is 7.34. The molecule has 0 aliphatic carbocycles. The maximum absolute atomic E-state index is 12.6. The van der Waals surface area contributed by atoms with Crippen LogP contribution in [0.3, 0.4) is 0 Å². The Morgan fingerprint density at radius 3 is 2.29 bits per heavy atom. The van der Waals surface area contributed by atoms with Crippen LogP contribution in [-0.4, -0.2) is 23.6 Å². The van der Waals surface area contributed by atoms with Crippen molar-refractivity contribution in [3.05, 3.63) is 83.2 Å². The number of nitrogens with zero attached hydrogens (tertiary/aromatic N) is 3. The number of rotatable bonds is 7. The number of nitriles is 1. The molecule has 31 heavy (non-hydrogen) atoms. The number of hydrogen-bond donors (Lipinski definition) is 1. The fourth-order valence-corrected chi connectivity index (χ4v) is 3.76. The fourth-order valence-electron chi connectivity index (χ4n) is 3.76. The predicted molar refractivity (Wildman–Crippen MR) is 127 cm³/mol. The molecule has 1 aromatic heterocycles. The lowest BCUT2D eigenvalue weighted by Gasteiger charge is -2.21. The number of anilines is 2. The molecule has 0 fully saturated rings. The molecule has 0 spiro atoms. The molecule has 0 saturated heterocycles. The van der Waals surface area contributed by atoms with Crippen molar-refractivity contribution in [2.24, 2.45) is 0 Å². The van der Waals surface area contributed by atoms with Gasteiger partial charge in [-0.1, -0.05) is 18.2 Å². The molecule has 5 heteroatoms. The summed E-state index contributed by atoms with van der Waals surface area (Å²) in [7, 11) is 0. The zero-order valence-electron chi connectivity index (χ0n) is 18.5. The van der Waals surface area contributed by atoms with Crippen molar-refractivity contribution in [1.29, 1.82) is 5.26 Å². The Morgan fingerprint density at radius 2 is 1.71 bits per heavy atom. The van der Waals surface area contributed by atoms with Crippen LogP contribution in [0.15, 0.2) is 66.2 Å². The van der Waals surface area contributed by atoms with E-state index in [4.69, 9.17) is 0 Å². The van der Waals surface area contributed by atoms with Gasteiger partial charge in [0.25, 0.3) is 5.91 Å². The Bertz CT molecular complexity index is 1110. The van der Waals surface area contributed by atoms with Crippen molar-refractivity contribution in [2.45, 2.75) is 27.7 Å². The van der Waals surface area contributed by atoms with Crippen LogP contribution >= 0.6 is 0 Å². The molecule has 0 bridgehead atoms. The van der Waals surface area contributed by atoms with Crippen molar-refractivity contribution in [3.8, 4) is 11.8 Å². The predicted octanol–water partition coefficient (Wildman–Crippen LogP) is 5.49. The number of aromatic nitrogens is 1. The van der Waals surface area contributed by atoms with Gasteiger partial charge in [0.1, 0.15) is 11.6 Å². The van der Waals surface area contributed by atoms with Crippen LogP contribution in [0.1, 0.15) is 30.8 Å². The van der Waals surface area contributed by atoms with Gasteiger partial charge in [0.15, 0.2) is 0 Å². The zero-order valence-corrected chi connectivity index (χ0v) is 18.5. The number of carbonyl (C=O) groups excluding carboxylic acids is 1. The summed E-state index contributed by atoms with van der Waals surface area (Å²) < 4.78 is 2.14. The minimum Gasteiger partial charge on any atom is -0.372 e. The first-order chi connectivity index (χ1) is 15.0. The Hall–Kier alpha value is -3.78. The van der Waals surface area contributed by atoms with Gasteiger partial charge in [-0.3, -0.25) is 4.79 Å². The summed E-state index contributed by atoms with van der Waals surface area (Å²) in [6, 6.07) is 21.6. The maximum Gasteiger partial charge on any atom is 0.266 e. The van der Waals surface area contributed by atoms with E-state index < -0.39 is 5.91 Å². The summed E-state index contributed by atoms with van der Waals surface area (Å²) in [4.78, 5) is 14.9. The summed E-state index contributed by atoms with van der Waals surface area (Å²) in [6.45, 7) is 10.3. The van der Waals surface area contributed by atoms with Crippen LogP contribution in [0.2, 0.25) is 0 Å². The summed E-state index contributed by atoms with van der Waals surface area (Å²) in [5.74, 6) is -0.415. The van der Waals surface area contributed by atoms with Gasteiger partial charge in [-0.25, -0.2) is 0 Å². The van der Waals surface area contributed by atoms with Gasteiger partial charge in [0.2, 0.25) is 0 Å². The molecule has 2 aromatic carbocycles. The number of benzene rings is 2. The zero-order chi connectivity index (χ0) is 22.4. The largest absolute Gasteiger partial charge is 0.372 e. The highest BCUT2D eigenvalue weighted by Crippen LogP contribution is 2.25. The monoisotopic (exact) mass is 412 g/mol. The molecule has 0 atom stereocenters. The van der Waals surface area contributed by atoms with Gasteiger partial charge in [0, 0.05) is 41.5 Å². The average molecular weight is 413 g/mol. The topological polar surface area (TPSA) is 61.1 Å². The number of nitrogens with one attached hydrogen (secondary N) is 1. The van der Waals surface area contributed by atoms with Crippen molar-refractivity contribution in [3.63, 3.8) is 0 Å². The van der Waals surface area contributed by atoms with Gasteiger partial charge in [-0.15, -0.1) is 0 Å². The van der Waals surface area contributed by atoms with E-state index in [1.807, 2.05) is 44.2 Å². The Balaban J connectivity index is 1.89. The van der Waals surface area contributed by atoms with Gasteiger partial charge in [-0.2, -0.15) is 5.26 Å². The molecular formula is C26H28N4O. The minimum absolute atomic E-state index is 0.0704. The molecule has 158 valence electrons. The second-order valence-corrected chi connectivity index (χ2v) is 7.34. The Labute approximate surface area is 184 Å². The first-order valence-corrected chi connectivity index (χ1v) is 10.5. The first kappa shape index (κ1) is 21.9. The third-order valence-electron chi connectivity index (χ3n) is 5.40. The van der Waals surface area contributed by atoms with Crippen LogP contribution in [-0.2, 0) is 4.79 Å². The normalized spacial score (nSPS) is 11.1. The molecule has 0 unspecified atom stereocenters. The molecule has 0 aliphatic heterocycles. The van der Waals surface area contributed by atoms with Crippen LogP contribution in [0.25, 0.3) is 11.8 Å². The summed E-state index contributed by atoms with van der Waals surface area (Å²) in [5, 5.41) is 12.3. The lowest BCUT2D eigenvalue weighted by atomic mass is 10.1. The number of hydrogen-bond acceptors (Lipinski definition) is 3. The van der Waals surface area contributed by atoms with Crippen LogP contribution in [0, 0.1) is 25.2 Å². The second kappa shape index (κ2) is 9.82. The number of carbonyl (C=O) groups is 1. The highest BCUT2D eigenvalue weighted by Gasteiger charge is 2.14. The van der Waals surface area contributed by atoms with Crippen molar-refractivity contribution in [2.75, 3.05) is 23.3 Å². The van der Waals surface area contributed by atoms with Crippen LogP contribution < -0.4 is 10.2 Å². The first-order valence-electron chi connectivity index (χ1n) is 10.5. The summed E-state index contributed by atoms with van der Waals surface area (Å²) >= 11 is 0. The van der Waals surface area contributed by atoms with Gasteiger partial charge < -0.3 is 14.8 Å². The van der Waals surface area contributed by atoms with Gasteiger partial charge in [-0.05, 0) is 81.8 Å². The SMILES string of the molecule is CCN(CC)c1ccc(-n2c(C)cc(/C=C(/C#N)C(=O)Nc3ccccc3)c2C)cc1. The van der Waals surface area contributed by atoms with E-state index in [-0.39, 0.29) is 5.57 Å².